The number of nitrogens with two attached hydrogens (primary N) is 2. The Balaban J connectivity index is 2.05. The molecule has 0 spiro atoms. The lowest BCUT2D eigenvalue weighted by atomic mass is 9.88. The molecular formula is C19H20N3+. The molecule has 0 bridgehead atoms. The average molecular weight is 290 g/mol. The highest BCUT2D eigenvalue weighted by Gasteiger charge is 2.24. The number of fused-ring (bicyclic) bond motifs is 3. The zero-order valence-corrected chi connectivity index (χ0v) is 12.5. The van der Waals surface area contributed by atoms with Crippen LogP contribution in [0.5, 0.6) is 0 Å². The fraction of sp³-hybridized carbons (Fsp3) is 0.211. The molecule has 0 atom stereocenters. The molecule has 0 radical (unpaired) electrons. The Morgan fingerprint density at radius 2 is 1.95 bits per heavy atom. The summed E-state index contributed by atoms with van der Waals surface area (Å²) in [6.45, 7) is 0. The lowest BCUT2D eigenvalue weighted by molar-refractivity contribution is -0.348. The number of rotatable bonds is 1. The monoisotopic (exact) mass is 290 g/mol. The average Bonchev–Trinajstić information content (AvgIpc) is 2.54. The van der Waals surface area contributed by atoms with Crippen LogP contribution >= 0.6 is 0 Å². The lowest BCUT2D eigenvalue weighted by Crippen LogP contribution is -2.19. The SMILES string of the molecule is NC1=Cc2c(C3=CCCC=C3)[nH+]c3cc(N)ccc3c2CC1. The molecule has 110 valence electrons. The topological polar surface area (TPSA) is 66.2 Å². The number of allylic oxidation sites excluding steroid dienone is 5. The van der Waals surface area contributed by atoms with Crippen molar-refractivity contribution in [3.05, 3.63) is 58.9 Å². The van der Waals surface area contributed by atoms with Crippen molar-refractivity contribution in [3.63, 3.8) is 0 Å². The molecule has 1 aromatic heterocycles. The maximum Gasteiger partial charge on any atom is 0.218 e. The first kappa shape index (κ1) is 13.1. The van der Waals surface area contributed by atoms with E-state index < -0.39 is 0 Å². The number of aromatic amines is 1. The highest BCUT2D eigenvalue weighted by molar-refractivity contribution is 5.90. The van der Waals surface area contributed by atoms with Gasteiger partial charge >= 0.3 is 0 Å². The molecule has 0 fully saturated rings. The molecular weight excluding hydrogens is 270 g/mol. The third kappa shape index (κ3) is 2.10. The summed E-state index contributed by atoms with van der Waals surface area (Å²) >= 11 is 0. The minimum atomic E-state index is 0.786. The van der Waals surface area contributed by atoms with E-state index >= 15 is 0 Å². The Hall–Kier alpha value is -2.55. The van der Waals surface area contributed by atoms with Gasteiger partial charge in [0, 0.05) is 23.0 Å². The van der Waals surface area contributed by atoms with Crippen LogP contribution in [-0.2, 0) is 6.42 Å². The van der Waals surface area contributed by atoms with Gasteiger partial charge in [-0.2, -0.15) is 0 Å². The van der Waals surface area contributed by atoms with Gasteiger partial charge in [0.2, 0.25) is 11.2 Å². The quantitative estimate of drug-likeness (QED) is 0.792. The molecule has 0 amide bonds. The summed E-state index contributed by atoms with van der Waals surface area (Å²) in [6.07, 6.45) is 13.0. The summed E-state index contributed by atoms with van der Waals surface area (Å²) in [4.78, 5) is 3.59. The number of anilines is 1. The Kier molecular flexibility index (Phi) is 3.00. The van der Waals surface area contributed by atoms with E-state index in [0.717, 1.165) is 48.3 Å². The Morgan fingerprint density at radius 1 is 1.05 bits per heavy atom. The number of hydrogen-bond donors (Lipinski definition) is 2. The number of nitrogen functional groups attached to an aromatic ring is 1. The van der Waals surface area contributed by atoms with Crippen LogP contribution in [-0.4, -0.2) is 0 Å². The summed E-state index contributed by atoms with van der Waals surface area (Å²) in [7, 11) is 0. The van der Waals surface area contributed by atoms with Crippen molar-refractivity contribution in [2.24, 2.45) is 5.73 Å². The van der Waals surface area contributed by atoms with Gasteiger partial charge in [-0.15, -0.1) is 0 Å². The van der Waals surface area contributed by atoms with E-state index in [2.05, 4.69) is 35.4 Å². The molecule has 1 aromatic carbocycles. The number of aromatic nitrogens is 1. The fourth-order valence-electron chi connectivity index (χ4n) is 3.41. The number of nitrogens with one attached hydrogen (secondary N) is 1. The molecule has 4 rings (SSSR count). The van der Waals surface area contributed by atoms with Crippen LogP contribution in [0.1, 0.15) is 36.1 Å². The molecule has 0 unspecified atom stereocenters. The standard InChI is InChI=1S/C19H19N3/c20-13-6-8-15-16-9-7-14(21)11-18(16)22-19(17(15)10-13)12-4-2-1-3-5-12/h2,4-5,7,9-11H,1,3,6,8,20-21H2/p+1. The molecule has 0 saturated carbocycles. The normalized spacial score (nSPS) is 17.1. The van der Waals surface area contributed by atoms with Crippen LogP contribution < -0.4 is 16.5 Å². The first-order valence-electron chi connectivity index (χ1n) is 7.83. The van der Waals surface area contributed by atoms with Crippen LogP contribution in [0.2, 0.25) is 0 Å². The number of aryl methyl sites for hydroxylation is 1. The van der Waals surface area contributed by atoms with Crippen LogP contribution in [0, 0.1) is 0 Å². The van der Waals surface area contributed by atoms with E-state index in [4.69, 9.17) is 11.5 Å². The highest BCUT2D eigenvalue weighted by Crippen LogP contribution is 2.33. The fourth-order valence-corrected chi connectivity index (χ4v) is 3.41. The second-order valence-electron chi connectivity index (χ2n) is 6.06. The van der Waals surface area contributed by atoms with Gasteiger partial charge in [0.15, 0.2) is 0 Å². The summed E-state index contributed by atoms with van der Waals surface area (Å²) in [6, 6.07) is 6.11. The van der Waals surface area contributed by atoms with Gasteiger partial charge in [0.1, 0.15) is 0 Å². The van der Waals surface area contributed by atoms with Crippen molar-refractivity contribution in [1.29, 1.82) is 0 Å². The van der Waals surface area contributed by atoms with Crippen molar-refractivity contribution in [3.8, 4) is 0 Å². The summed E-state index contributed by atoms with van der Waals surface area (Å²) in [5, 5.41) is 1.25. The van der Waals surface area contributed by atoms with Crippen molar-refractivity contribution >= 4 is 28.2 Å². The number of hydrogen-bond acceptors (Lipinski definition) is 2. The van der Waals surface area contributed by atoms with E-state index in [9.17, 15) is 0 Å². The second-order valence-corrected chi connectivity index (χ2v) is 6.06. The van der Waals surface area contributed by atoms with Crippen molar-refractivity contribution in [2.75, 3.05) is 5.73 Å². The van der Waals surface area contributed by atoms with E-state index in [1.54, 1.807) is 0 Å². The van der Waals surface area contributed by atoms with Crippen LogP contribution in [0.3, 0.4) is 0 Å². The summed E-state index contributed by atoms with van der Waals surface area (Å²) in [5.41, 5.74) is 19.9. The van der Waals surface area contributed by atoms with Crippen molar-refractivity contribution in [1.82, 2.24) is 0 Å². The van der Waals surface area contributed by atoms with E-state index in [1.807, 2.05) is 12.1 Å². The minimum absolute atomic E-state index is 0.786. The van der Waals surface area contributed by atoms with Crippen molar-refractivity contribution in [2.45, 2.75) is 25.7 Å². The largest absolute Gasteiger partial charge is 0.402 e. The molecule has 3 heteroatoms. The smallest absolute Gasteiger partial charge is 0.218 e. The molecule has 2 aliphatic rings. The van der Waals surface area contributed by atoms with Gasteiger partial charge in [-0.25, -0.2) is 4.98 Å². The van der Waals surface area contributed by atoms with E-state index in [0.29, 0.717) is 0 Å². The Morgan fingerprint density at radius 3 is 2.77 bits per heavy atom. The molecule has 3 nitrogen and oxygen atoms in total. The van der Waals surface area contributed by atoms with Gasteiger partial charge in [-0.3, -0.25) is 0 Å². The maximum absolute atomic E-state index is 6.11. The molecule has 0 aliphatic heterocycles. The molecule has 1 heterocycles. The van der Waals surface area contributed by atoms with E-state index in [-0.39, 0.29) is 0 Å². The summed E-state index contributed by atoms with van der Waals surface area (Å²) in [5.74, 6) is 0. The van der Waals surface area contributed by atoms with Crippen molar-refractivity contribution < 1.29 is 4.98 Å². The predicted molar refractivity (Wildman–Crippen MR) is 91.8 cm³/mol. The minimum Gasteiger partial charge on any atom is -0.402 e. The van der Waals surface area contributed by atoms with E-state index in [1.165, 1.54) is 22.1 Å². The molecule has 22 heavy (non-hydrogen) atoms. The van der Waals surface area contributed by atoms with Crippen LogP contribution in [0.25, 0.3) is 22.6 Å². The molecule has 5 N–H and O–H groups in total. The van der Waals surface area contributed by atoms with Gasteiger partial charge in [0.25, 0.3) is 0 Å². The number of H-pyrrole nitrogens is 1. The zero-order valence-electron chi connectivity index (χ0n) is 12.5. The lowest BCUT2D eigenvalue weighted by Gasteiger charge is -2.17. The van der Waals surface area contributed by atoms with Crippen LogP contribution in [0.15, 0.2) is 42.1 Å². The summed E-state index contributed by atoms with van der Waals surface area (Å²) < 4.78 is 0. The maximum atomic E-state index is 6.11. The van der Waals surface area contributed by atoms with Gasteiger partial charge in [-0.1, -0.05) is 18.2 Å². The number of pyridine rings is 1. The van der Waals surface area contributed by atoms with Crippen LogP contribution in [0.4, 0.5) is 5.69 Å². The Labute approximate surface area is 130 Å². The van der Waals surface area contributed by atoms with Gasteiger partial charge in [0.05, 0.1) is 10.9 Å². The predicted octanol–water partition coefficient (Wildman–Crippen LogP) is 3.22. The molecule has 2 aromatic rings. The first-order chi connectivity index (χ1) is 10.7. The highest BCUT2D eigenvalue weighted by atomic mass is 14.7. The van der Waals surface area contributed by atoms with Gasteiger partial charge < -0.3 is 11.5 Å². The first-order valence-corrected chi connectivity index (χ1v) is 7.83. The Bertz CT molecular complexity index is 857. The molecule has 2 aliphatic carbocycles. The molecule has 0 saturated heterocycles. The third-order valence-corrected chi connectivity index (χ3v) is 4.50. The zero-order chi connectivity index (χ0) is 15.1. The van der Waals surface area contributed by atoms with Gasteiger partial charge in [-0.05, 0) is 49.5 Å². The third-order valence-electron chi connectivity index (χ3n) is 4.50. The second kappa shape index (κ2) is 5.02. The number of benzene rings is 1.